The number of rotatable bonds is 5. The maximum absolute atomic E-state index is 5.59. The van der Waals surface area contributed by atoms with E-state index in [1.807, 2.05) is 47.8 Å². The molecule has 0 N–H and O–H groups in total. The molecule has 0 bridgehead atoms. The predicted molar refractivity (Wildman–Crippen MR) is 85.5 cm³/mol. The second kappa shape index (κ2) is 6.05. The third-order valence-corrected chi connectivity index (χ3v) is 3.49. The molecule has 0 aliphatic heterocycles. The standard InChI is InChI=1S/C17H19N3O2/c1-4-11-22-16-10-9-15-18-17(12(2)20(15)19-16)13-5-7-14(21-3)8-6-13/h5-10H,4,11H2,1-3H3. The van der Waals surface area contributed by atoms with Gasteiger partial charge in [0.15, 0.2) is 5.65 Å². The molecule has 1 aromatic carbocycles. The Morgan fingerprint density at radius 3 is 2.55 bits per heavy atom. The third-order valence-electron chi connectivity index (χ3n) is 3.49. The molecule has 2 heterocycles. The van der Waals surface area contributed by atoms with Crippen molar-refractivity contribution >= 4 is 5.65 Å². The van der Waals surface area contributed by atoms with Gasteiger partial charge in [0.25, 0.3) is 0 Å². The van der Waals surface area contributed by atoms with Crippen molar-refractivity contribution in [2.45, 2.75) is 20.3 Å². The second-order valence-corrected chi connectivity index (χ2v) is 5.06. The first-order valence-corrected chi connectivity index (χ1v) is 7.36. The molecule has 0 saturated heterocycles. The van der Waals surface area contributed by atoms with Gasteiger partial charge in [-0.15, -0.1) is 5.10 Å². The van der Waals surface area contributed by atoms with E-state index >= 15 is 0 Å². The largest absolute Gasteiger partial charge is 0.497 e. The lowest BCUT2D eigenvalue weighted by Crippen LogP contribution is -2.01. The van der Waals surface area contributed by atoms with E-state index in [9.17, 15) is 0 Å². The normalized spacial score (nSPS) is 10.9. The summed E-state index contributed by atoms with van der Waals surface area (Å²) in [5, 5.41) is 4.50. The van der Waals surface area contributed by atoms with E-state index in [2.05, 4.69) is 17.0 Å². The first kappa shape index (κ1) is 14.4. The van der Waals surface area contributed by atoms with Gasteiger partial charge >= 0.3 is 0 Å². The fourth-order valence-electron chi connectivity index (χ4n) is 2.33. The number of hydrogen-bond donors (Lipinski definition) is 0. The van der Waals surface area contributed by atoms with Gasteiger partial charge in [0.2, 0.25) is 5.88 Å². The lowest BCUT2D eigenvalue weighted by molar-refractivity contribution is 0.300. The Kier molecular flexibility index (Phi) is 3.96. The van der Waals surface area contributed by atoms with E-state index in [0.717, 1.165) is 34.8 Å². The monoisotopic (exact) mass is 297 g/mol. The Hall–Kier alpha value is -2.56. The summed E-state index contributed by atoms with van der Waals surface area (Å²) in [6, 6.07) is 11.7. The molecule has 0 saturated carbocycles. The van der Waals surface area contributed by atoms with Crippen LogP contribution in [0.3, 0.4) is 0 Å². The highest BCUT2D eigenvalue weighted by Gasteiger charge is 2.12. The second-order valence-electron chi connectivity index (χ2n) is 5.06. The van der Waals surface area contributed by atoms with Crippen LogP contribution in [-0.2, 0) is 0 Å². The minimum Gasteiger partial charge on any atom is -0.497 e. The van der Waals surface area contributed by atoms with Gasteiger partial charge in [0.05, 0.1) is 25.1 Å². The van der Waals surface area contributed by atoms with Crippen LogP contribution in [0.5, 0.6) is 11.6 Å². The first-order chi connectivity index (χ1) is 10.7. The van der Waals surface area contributed by atoms with Crippen molar-refractivity contribution < 1.29 is 9.47 Å². The summed E-state index contributed by atoms with van der Waals surface area (Å²) in [6.07, 6.45) is 0.958. The van der Waals surface area contributed by atoms with Crippen LogP contribution in [0.1, 0.15) is 19.0 Å². The van der Waals surface area contributed by atoms with Gasteiger partial charge in [-0.3, -0.25) is 0 Å². The van der Waals surface area contributed by atoms with Gasteiger partial charge in [0, 0.05) is 11.6 Å². The molecule has 22 heavy (non-hydrogen) atoms. The zero-order valence-electron chi connectivity index (χ0n) is 13.0. The van der Waals surface area contributed by atoms with Crippen LogP contribution in [0, 0.1) is 6.92 Å². The Balaban J connectivity index is 2.01. The number of ether oxygens (including phenoxy) is 2. The van der Waals surface area contributed by atoms with Crippen molar-refractivity contribution in [1.82, 2.24) is 14.6 Å². The average Bonchev–Trinajstić information content (AvgIpc) is 2.89. The van der Waals surface area contributed by atoms with Crippen LogP contribution in [-0.4, -0.2) is 28.3 Å². The Morgan fingerprint density at radius 1 is 1.09 bits per heavy atom. The number of aromatic nitrogens is 3. The quantitative estimate of drug-likeness (QED) is 0.723. The predicted octanol–water partition coefficient (Wildman–Crippen LogP) is 3.50. The van der Waals surface area contributed by atoms with Crippen LogP contribution in [0.2, 0.25) is 0 Å². The van der Waals surface area contributed by atoms with E-state index in [-0.39, 0.29) is 0 Å². The molecule has 0 spiro atoms. The van der Waals surface area contributed by atoms with Crippen LogP contribution in [0.4, 0.5) is 0 Å². The van der Waals surface area contributed by atoms with Crippen LogP contribution >= 0.6 is 0 Å². The molecule has 0 atom stereocenters. The smallest absolute Gasteiger partial charge is 0.231 e. The number of fused-ring (bicyclic) bond motifs is 1. The van der Waals surface area contributed by atoms with Gasteiger partial charge in [-0.2, -0.15) is 0 Å². The molecule has 0 unspecified atom stereocenters. The lowest BCUT2D eigenvalue weighted by Gasteiger charge is -2.04. The Labute approximate surface area is 129 Å². The summed E-state index contributed by atoms with van der Waals surface area (Å²) in [5.74, 6) is 1.45. The molecule has 0 radical (unpaired) electrons. The van der Waals surface area contributed by atoms with Crippen LogP contribution in [0.15, 0.2) is 36.4 Å². The van der Waals surface area contributed by atoms with E-state index in [1.165, 1.54) is 0 Å². The molecule has 5 nitrogen and oxygen atoms in total. The summed E-state index contributed by atoms with van der Waals surface area (Å²) in [6.45, 7) is 4.75. The molecular formula is C17H19N3O2. The molecule has 114 valence electrons. The topological polar surface area (TPSA) is 48.7 Å². The summed E-state index contributed by atoms with van der Waals surface area (Å²) in [7, 11) is 1.66. The van der Waals surface area contributed by atoms with E-state index < -0.39 is 0 Å². The number of nitrogens with zero attached hydrogens (tertiary/aromatic N) is 3. The molecular weight excluding hydrogens is 278 g/mol. The zero-order valence-corrected chi connectivity index (χ0v) is 13.0. The number of aryl methyl sites for hydroxylation is 1. The van der Waals surface area contributed by atoms with Crippen molar-refractivity contribution in [2.75, 3.05) is 13.7 Å². The highest BCUT2D eigenvalue weighted by molar-refractivity contribution is 5.66. The Bertz CT molecular complexity index is 778. The highest BCUT2D eigenvalue weighted by atomic mass is 16.5. The fraction of sp³-hybridized carbons (Fsp3) is 0.294. The van der Waals surface area contributed by atoms with Gasteiger partial charge in [0.1, 0.15) is 5.75 Å². The molecule has 0 amide bonds. The third kappa shape index (κ3) is 2.62. The SMILES string of the molecule is CCCOc1ccc2nc(-c3ccc(OC)cc3)c(C)n2n1. The molecule has 0 fully saturated rings. The van der Waals surface area contributed by atoms with E-state index in [4.69, 9.17) is 9.47 Å². The van der Waals surface area contributed by atoms with Gasteiger partial charge in [-0.05, 0) is 43.7 Å². The molecule has 0 aliphatic carbocycles. The maximum atomic E-state index is 5.59. The van der Waals surface area contributed by atoms with Crippen molar-refractivity contribution in [3.05, 3.63) is 42.1 Å². The molecule has 3 rings (SSSR count). The molecule has 0 aliphatic rings. The van der Waals surface area contributed by atoms with Crippen molar-refractivity contribution in [2.24, 2.45) is 0 Å². The van der Waals surface area contributed by atoms with Crippen LogP contribution < -0.4 is 9.47 Å². The van der Waals surface area contributed by atoms with Crippen molar-refractivity contribution in [3.8, 4) is 22.9 Å². The lowest BCUT2D eigenvalue weighted by atomic mass is 10.1. The summed E-state index contributed by atoms with van der Waals surface area (Å²) in [5.41, 5.74) is 3.76. The van der Waals surface area contributed by atoms with E-state index in [1.54, 1.807) is 7.11 Å². The molecule has 2 aromatic heterocycles. The van der Waals surface area contributed by atoms with Crippen molar-refractivity contribution in [3.63, 3.8) is 0 Å². The number of imidazole rings is 1. The van der Waals surface area contributed by atoms with Crippen molar-refractivity contribution in [1.29, 1.82) is 0 Å². The fourth-order valence-corrected chi connectivity index (χ4v) is 2.33. The van der Waals surface area contributed by atoms with Gasteiger partial charge in [-0.25, -0.2) is 9.50 Å². The first-order valence-electron chi connectivity index (χ1n) is 7.36. The Morgan fingerprint density at radius 2 is 1.86 bits per heavy atom. The minimum atomic E-state index is 0.621. The zero-order chi connectivity index (χ0) is 15.5. The highest BCUT2D eigenvalue weighted by Crippen LogP contribution is 2.26. The van der Waals surface area contributed by atoms with E-state index in [0.29, 0.717) is 12.5 Å². The minimum absolute atomic E-state index is 0.621. The number of methoxy groups -OCH3 is 1. The van der Waals surface area contributed by atoms with Crippen LogP contribution in [0.25, 0.3) is 16.9 Å². The summed E-state index contributed by atoms with van der Waals surface area (Å²) < 4.78 is 12.6. The molecule has 3 aromatic rings. The average molecular weight is 297 g/mol. The summed E-state index contributed by atoms with van der Waals surface area (Å²) in [4.78, 5) is 4.66. The maximum Gasteiger partial charge on any atom is 0.231 e. The van der Waals surface area contributed by atoms with Gasteiger partial charge in [-0.1, -0.05) is 6.92 Å². The summed E-state index contributed by atoms with van der Waals surface area (Å²) >= 11 is 0. The molecule has 5 heteroatoms. The van der Waals surface area contributed by atoms with Gasteiger partial charge < -0.3 is 9.47 Å². The number of benzene rings is 1. The number of hydrogen-bond acceptors (Lipinski definition) is 4.